The number of halogens is 1. The first-order chi connectivity index (χ1) is 9.31. The van der Waals surface area contributed by atoms with Crippen LogP contribution in [0.5, 0.6) is 5.75 Å². The van der Waals surface area contributed by atoms with Crippen molar-refractivity contribution in [3.63, 3.8) is 0 Å². The van der Waals surface area contributed by atoms with Gasteiger partial charge in [0.15, 0.2) is 17.7 Å². The molecule has 0 heterocycles. The summed E-state index contributed by atoms with van der Waals surface area (Å²) in [5.41, 5.74) is 6.37. The number of benzene rings is 1. The van der Waals surface area contributed by atoms with Crippen LogP contribution in [0.3, 0.4) is 0 Å². The molecule has 0 aromatic heterocycles. The van der Waals surface area contributed by atoms with Crippen molar-refractivity contribution in [2.75, 3.05) is 6.54 Å². The maximum absolute atomic E-state index is 13.8. The smallest absolute Gasteiger partial charge is 0.260 e. The van der Waals surface area contributed by atoms with Crippen molar-refractivity contribution in [3.05, 3.63) is 29.6 Å². The number of hydrogen-bond acceptors (Lipinski definition) is 3. The molecule has 0 spiro atoms. The first kappa shape index (κ1) is 16.4. The number of rotatable bonds is 6. The monoisotopic (exact) mass is 282 g/mol. The van der Waals surface area contributed by atoms with E-state index in [0.717, 1.165) is 0 Å². The van der Waals surface area contributed by atoms with Crippen molar-refractivity contribution in [1.82, 2.24) is 5.32 Å². The summed E-state index contributed by atoms with van der Waals surface area (Å²) >= 11 is 0. The van der Waals surface area contributed by atoms with Gasteiger partial charge in [-0.3, -0.25) is 4.79 Å². The lowest BCUT2D eigenvalue weighted by molar-refractivity contribution is -0.127. The molecule has 0 saturated carbocycles. The van der Waals surface area contributed by atoms with Crippen molar-refractivity contribution >= 4 is 5.91 Å². The van der Waals surface area contributed by atoms with Crippen LogP contribution >= 0.6 is 0 Å². The number of carbonyl (C=O) groups excluding carboxylic acids is 1. The van der Waals surface area contributed by atoms with Gasteiger partial charge in [-0.05, 0) is 37.5 Å². The van der Waals surface area contributed by atoms with Gasteiger partial charge in [-0.2, -0.15) is 0 Å². The topological polar surface area (TPSA) is 64.3 Å². The predicted molar refractivity (Wildman–Crippen MR) is 76.9 cm³/mol. The highest BCUT2D eigenvalue weighted by Gasteiger charge is 2.17. The Hall–Kier alpha value is -1.62. The summed E-state index contributed by atoms with van der Waals surface area (Å²) in [6.07, 6.45) is -0.746. The highest BCUT2D eigenvalue weighted by atomic mass is 19.1. The minimum absolute atomic E-state index is 0.0570. The summed E-state index contributed by atoms with van der Waals surface area (Å²) in [5, 5.41) is 2.74. The Labute approximate surface area is 119 Å². The second-order valence-electron chi connectivity index (χ2n) is 5.38. The van der Waals surface area contributed by atoms with Crippen LogP contribution in [-0.2, 0) is 4.79 Å². The summed E-state index contributed by atoms with van der Waals surface area (Å²) < 4.78 is 19.2. The molecular formula is C15H23FN2O2. The van der Waals surface area contributed by atoms with Gasteiger partial charge < -0.3 is 15.8 Å². The average molecular weight is 282 g/mol. The summed E-state index contributed by atoms with van der Waals surface area (Å²) in [6, 6.07) is 4.28. The molecule has 0 fully saturated rings. The predicted octanol–water partition coefficient (Wildman–Crippen LogP) is 2.38. The molecule has 1 amide bonds. The van der Waals surface area contributed by atoms with E-state index in [1.165, 1.54) is 12.1 Å². The number of carbonyl (C=O) groups is 1. The molecule has 0 aliphatic carbocycles. The minimum Gasteiger partial charge on any atom is -0.478 e. The number of nitrogens with one attached hydrogen (secondary N) is 1. The van der Waals surface area contributed by atoms with Gasteiger partial charge >= 0.3 is 0 Å². The van der Waals surface area contributed by atoms with E-state index in [0.29, 0.717) is 18.0 Å². The molecule has 1 rings (SSSR count). The third kappa shape index (κ3) is 4.81. The van der Waals surface area contributed by atoms with Crippen molar-refractivity contribution in [2.45, 2.75) is 39.8 Å². The fourth-order valence-electron chi connectivity index (χ4n) is 1.59. The van der Waals surface area contributed by atoms with E-state index >= 15 is 0 Å². The minimum atomic E-state index is -0.746. The van der Waals surface area contributed by atoms with E-state index in [2.05, 4.69) is 5.32 Å². The number of nitrogens with two attached hydrogens (primary N) is 1. The highest BCUT2D eigenvalue weighted by molar-refractivity contribution is 5.80. The molecule has 5 heteroatoms. The Balaban J connectivity index is 2.66. The van der Waals surface area contributed by atoms with Crippen molar-refractivity contribution in [2.24, 2.45) is 11.7 Å². The van der Waals surface area contributed by atoms with Gasteiger partial charge in [-0.15, -0.1) is 0 Å². The van der Waals surface area contributed by atoms with Gasteiger partial charge in [0.25, 0.3) is 5.91 Å². The Morgan fingerprint density at radius 1 is 1.35 bits per heavy atom. The van der Waals surface area contributed by atoms with Gasteiger partial charge in [-0.1, -0.05) is 19.9 Å². The molecule has 0 bridgehead atoms. The molecule has 0 aliphatic rings. The molecule has 4 nitrogen and oxygen atoms in total. The largest absolute Gasteiger partial charge is 0.478 e. The van der Waals surface area contributed by atoms with Crippen LogP contribution in [0.1, 0.15) is 39.3 Å². The number of hydrogen-bond donors (Lipinski definition) is 2. The third-order valence-corrected chi connectivity index (χ3v) is 2.84. The Kier molecular flexibility index (Phi) is 5.95. The zero-order chi connectivity index (χ0) is 15.3. The zero-order valence-electron chi connectivity index (χ0n) is 12.4. The fraction of sp³-hybridized carbons (Fsp3) is 0.533. The van der Waals surface area contributed by atoms with Crippen molar-refractivity contribution in [3.8, 4) is 5.75 Å². The first-order valence-electron chi connectivity index (χ1n) is 6.80. The molecule has 3 N–H and O–H groups in total. The highest BCUT2D eigenvalue weighted by Crippen LogP contribution is 2.22. The lowest BCUT2D eigenvalue weighted by Gasteiger charge is -2.16. The second kappa shape index (κ2) is 7.24. The molecule has 1 aromatic rings. The standard InChI is InChI=1S/C15H23FN2O2/c1-9(2)8-18-15(19)11(4)20-14-6-5-12(10(3)17)7-13(14)16/h5-7,9-11H,8,17H2,1-4H3,(H,18,19)/t10-,11?/m0/s1. The zero-order valence-corrected chi connectivity index (χ0v) is 12.4. The van der Waals surface area contributed by atoms with Crippen molar-refractivity contribution < 1.29 is 13.9 Å². The van der Waals surface area contributed by atoms with E-state index in [1.54, 1.807) is 19.9 Å². The summed E-state index contributed by atoms with van der Waals surface area (Å²) in [6.45, 7) is 7.93. The number of amides is 1. The lowest BCUT2D eigenvalue weighted by atomic mass is 10.1. The van der Waals surface area contributed by atoms with E-state index < -0.39 is 11.9 Å². The van der Waals surface area contributed by atoms with Crippen LogP contribution in [0.4, 0.5) is 4.39 Å². The maximum atomic E-state index is 13.8. The maximum Gasteiger partial charge on any atom is 0.260 e. The van der Waals surface area contributed by atoms with Crippen LogP contribution in [-0.4, -0.2) is 18.6 Å². The van der Waals surface area contributed by atoms with Crippen LogP contribution < -0.4 is 15.8 Å². The number of ether oxygens (including phenoxy) is 1. The average Bonchev–Trinajstić information content (AvgIpc) is 2.37. The van der Waals surface area contributed by atoms with E-state index in [-0.39, 0.29) is 17.7 Å². The van der Waals surface area contributed by atoms with Gasteiger partial charge in [-0.25, -0.2) is 4.39 Å². The molecule has 2 atom stereocenters. The molecule has 112 valence electrons. The molecule has 20 heavy (non-hydrogen) atoms. The molecule has 1 aromatic carbocycles. The second-order valence-corrected chi connectivity index (χ2v) is 5.38. The van der Waals surface area contributed by atoms with Crippen LogP contribution in [0, 0.1) is 11.7 Å². The Morgan fingerprint density at radius 3 is 2.50 bits per heavy atom. The van der Waals surface area contributed by atoms with Gasteiger partial charge in [0, 0.05) is 12.6 Å². The van der Waals surface area contributed by atoms with Gasteiger partial charge in [0.2, 0.25) is 0 Å². The Bertz CT molecular complexity index is 461. The normalized spacial score (nSPS) is 13.9. The molecule has 1 unspecified atom stereocenters. The summed E-state index contributed by atoms with van der Waals surface area (Å²) in [4.78, 5) is 11.8. The lowest BCUT2D eigenvalue weighted by Crippen LogP contribution is -2.38. The van der Waals surface area contributed by atoms with Crippen LogP contribution in [0.2, 0.25) is 0 Å². The van der Waals surface area contributed by atoms with E-state index in [4.69, 9.17) is 10.5 Å². The summed E-state index contributed by atoms with van der Waals surface area (Å²) in [5.74, 6) is -0.354. The fourth-order valence-corrected chi connectivity index (χ4v) is 1.59. The molecule has 0 radical (unpaired) electrons. The van der Waals surface area contributed by atoms with Crippen LogP contribution in [0.25, 0.3) is 0 Å². The van der Waals surface area contributed by atoms with Gasteiger partial charge in [0.1, 0.15) is 0 Å². The first-order valence-corrected chi connectivity index (χ1v) is 6.80. The Morgan fingerprint density at radius 2 is 2.00 bits per heavy atom. The summed E-state index contributed by atoms with van der Waals surface area (Å²) in [7, 11) is 0. The van der Waals surface area contributed by atoms with E-state index in [9.17, 15) is 9.18 Å². The quantitative estimate of drug-likeness (QED) is 0.842. The SMILES string of the molecule is CC(C)CNC(=O)C(C)Oc1ccc([C@H](C)N)cc1F. The molecule has 0 saturated heterocycles. The molecular weight excluding hydrogens is 259 g/mol. The van der Waals surface area contributed by atoms with Crippen LogP contribution in [0.15, 0.2) is 18.2 Å². The van der Waals surface area contributed by atoms with Crippen molar-refractivity contribution in [1.29, 1.82) is 0 Å². The van der Waals surface area contributed by atoms with E-state index in [1.807, 2.05) is 13.8 Å². The third-order valence-electron chi connectivity index (χ3n) is 2.84. The molecule has 0 aliphatic heterocycles. The van der Waals surface area contributed by atoms with Gasteiger partial charge in [0.05, 0.1) is 0 Å².